The Morgan fingerprint density at radius 2 is 1.94 bits per heavy atom. The number of fused-ring (bicyclic) bond motifs is 1. The third-order valence-electron chi connectivity index (χ3n) is 5.92. The van der Waals surface area contributed by atoms with E-state index >= 15 is 0 Å². The van der Waals surface area contributed by atoms with Crippen LogP contribution in [-0.2, 0) is 17.6 Å². The van der Waals surface area contributed by atoms with Gasteiger partial charge in [-0.25, -0.2) is 0 Å². The zero-order chi connectivity index (χ0) is 23.2. The first-order valence-corrected chi connectivity index (χ1v) is 11.1. The average Bonchev–Trinajstić information content (AvgIpc) is 3.27. The molecule has 0 aliphatic rings. The van der Waals surface area contributed by atoms with Crippen molar-refractivity contribution in [1.29, 1.82) is 0 Å². The predicted molar refractivity (Wildman–Crippen MR) is 128 cm³/mol. The summed E-state index contributed by atoms with van der Waals surface area (Å²) in [6.45, 7) is 2.61. The Labute approximate surface area is 192 Å². The van der Waals surface area contributed by atoms with Crippen LogP contribution in [0.4, 0.5) is 5.69 Å². The fraction of sp³-hybridized carbons (Fsp3) is 0.231. The van der Waals surface area contributed by atoms with Crippen LogP contribution < -0.4 is 5.32 Å². The molecule has 0 bridgehead atoms. The molecule has 2 aromatic heterocycles. The molecule has 4 aromatic rings. The summed E-state index contributed by atoms with van der Waals surface area (Å²) in [6, 6.07) is 18.4. The quantitative estimate of drug-likeness (QED) is 0.284. The molecule has 168 valence electrons. The zero-order valence-corrected chi connectivity index (χ0v) is 18.5. The molecule has 0 fully saturated rings. The van der Waals surface area contributed by atoms with Crippen LogP contribution in [0.3, 0.4) is 0 Å². The Hall–Kier alpha value is -4.00. The summed E-state index contributed by atoms with van der Waals surface area (Å²) in [6.07, 6.45) is 5.49. The monoisotopic (exact) mass is 442 g/mol. The van der Waals surface area contributed by atoms with Gasteiger partial charge < -0.3 is 10.3 Å². The van der Waals surface area contributed by atoms with Gasteiger partial charge in [0.15, 0.2) is 0 Å². The van der Waals surface area contributed by atoms with Crippen molar-refractivity contribution in [3.63, 3.8) is 0 Å². The number of nitro groups is 1. The molecule has 4 rings (SSSR count). The molecule has 7 heteroatoms. The van der Waals surface area contributed by atoms with Crippen LogP contribution in [-0.4, -0.2) is 27.3 Å². The molecule has 33 heavy (non-hydrogen) atoms. The molecule has 0 saturated heterocycles. The molecule has 0 radical (unpaired) electrons. The highest BCUT2D eigenvalue weighted by molar-refractivity contribution is 5.88. The summed E-state index contributed by atoms with van der Waals surface area (Å²) in [4.78, 5) is 31.2. The minimum Gasteiger partial charge on any atom is -0.361 e. The van der Waals surface area contributed by atoms with Gasteiger partial charge in [-0.1, -0.05) is 43.3 Å². The first-order valence-electron chi connectivity index (χ1n) is 11.1. The number of amides is 1. The Kier molecular flexibility index (Phi) is 6.78. The van der Waals surface area contributed by atoms with Gasteiger partial charge in [0.25, 0.3) is 5.69 Å². The maximum Gasteiger partial charge on any atom is 0.269 e. The molecule has 1 unspecified atom stereocenters. The summed E-state index contributed by atoms with van der Waals surface area (Å²) >= 11 is 0. The maximum absolute atomic E-state index is 12.9. The minimum atomic E-state index is -0.414. The summed E-state index contributed by atoms with van der Waals surface area (Å²) in [7, 11) is 0. The molecule has 0 spiro atoms. The third-order valence-corrected chi connectivity index (χ3v) is 5.92. The fourth-order valence-corrected chi connectivity index (χ4v) is 4.19. The first-order chi connectivity index (χ1) is 16.1. The molecular formula is C26H26N4O3. The van der Waals surface area contributed by atoms with Crippen LogP contribution in [0.15, 0.2) is 73.1 Å². The number of benzene rings is 2. The van der Waals surface area contributed by atoms with E-state index in [1.54, 1.807) is 18.3 Å². The number of carbonyl (C=O) groups excluding carboxylic acids is 1. The van der Waals surface area contributed by atoms with Gasteiger partial charge in [0.2, 0.25) is 5.91 Å². The van der Waals surface area contributed by atoms with Gasteiger partial charge in [0.05, 0.1) is 4.92 Å². The number of non-ortho nitro benzene ring substituents is 1. The highest BCUT2D eigenvalue weighted by Gasteiger charge is 2.22. The van der Waals surface area contributed by atoms with Crippen LogP contribution in [0.25, 0.3) is 10.9 Å². The van der Waals surface area contributed by atoms with Gasteiger partial charge in [-0.3, -0.25) is 19.9 Å². The number of para-hydroxylation sites is 1. The number of pyridine rings is 1. The fourth-order valence-electron chi connectivity index (χ4n) is 4.19. The van der Waals surface area contributed by atoms with Gasteiger partial charge in [0, 0.05) is 66.4 Å². The second-order valence-electron chi connectivity index (χ2n) is 7.96. The average molecular weight is 443 g/mol. The number of nitrogens with one attached hydrogen (secondary N) is 2. The highest BCUT2D eigenvalue weighted by atomic mass is 16.6. The summed E-state index contributed by atoms with van der Waals surface area (Å²) < 4.78 is 0. The lowest BCUT2D eigenvalue weighted by Crippen LogP contribution is -2.27. The molecule has 1 atom stereocenters. The van der Waals surface area contributed by atoms with E-state index < -0.39 is 4.92 Å². The van der Waals surface area contributed by atoms with Gasteiger partial charge in [-0.05, 0) is 35.2 Å². The van der Waals surface area contributed by atoms with Crippen molar-refractivity contribution in [2.45, 2.75) is 32.1 Å². The molecule has 0 saturated carbocycles. The normalized spacial score (nSPS) is 11.9. The van der Waals surface area contributed by atoms with E-state index in [1.807, 2.05) is 30.5 Å². The molecule has 2 heterocycles. The number of nitrogens with zero attached hydrogens (tertiary/aromatic N) is 2. The number of aryl methyl sites for hydroxylation is 1. The number of rotatable bonds is 9. The van der Waals surface area contributed by atoms with Crippen LogP contribution in [0.5, 0.6) is 0 Å². The molecule has 1 amide bonds. The van der Waals surface area contributed by atoms with Gasteiger partial charge >= 0.3 is 0 Å². The van der Waals surface area contributed by atoms with E-state index in [0.29, 0.717) is 13.0 Å². The molecule has 2 N–H and O–H groups in total. The largest absolute Gasteiger partial charge is 0.361 e. The van der Waals surface area contributed by atoms with E-state index in [1.165, 1.54) is 17.7 Å². The topological polar surface area (TPSA) is 101 Å². The number of nitro benzene ring substituents is 1. The SMILES string of the molecule is CCc1cccc2c(C(CC(=O)NCCc3ccccn3)c3ccc([N+](=O)[O-])cc3)c[nH]c12. The number of aromatic nitrogens is 2. The molecule has 7 nitrogen and oxygen atoms in total. The second-order valence-corrected chi connectivity index (χ2v) is 7.96. The third kappa shape index (κ3) is 5.09. The number of hydrogen-bond donors (Lipinski definition) is 2. The number of aromatic amines is 1. The second kappa shape index (κ2) is 10.1. The van der Waals surface area contributed by atoms with Crippen LogP contribution in [0.2, 0.25) is 0 Å². The van der Waals surface area contributed by atoms with Crippen molar-refractivity contribution in [3.8, 4) is 0 Å². The molecule has 0 aliphatic heterocycles. The summed E-state index contributed by atoms with van der Waals surface area (Å²) in [5.41, 5.74) is 5.11. The number of carbonyl (C=O) groups is 1. The van der Waals surface area contributed by atoms with Crippen molar-refractivity contribution in [3.05, 3.63) is 106 Å². The smallest absolute Gasteiger partial charge is 0.269 e. The van der Waals surface area contributed by atoms with Crippen LogP contribution in [0, 0.1) is 10.1 Å². The molecular weight excluding hydrogens is 416 g/mol. The van der Waals surface area contributed by atoms with Gasteiger partial charge in [0.1, 0.15) is 0 Å². The Balaban J connectivity index is 1.59. The first kappa shape index (κ1) is 22.2. The Bertz CT molecular complexity index is 1250. The van der Waals surface area contributed by atoms with E-state index in [4.69, 9.17) is 0 Å². The lowest BCUT2D eigenvalue weighted by Gasteiger charge is -2.17. The molecule has 0 aliphatic carbocycles. The van der Waals surface area contributed by atoms with Gasteiger partial charge in [-0.15, -0.1) is 0 Å². The van der Waals surface area contributed by atoms with Gasteiger partial charge in [-0.2, -0.15) is 0 Å². The predicted octanol–water partition coefficient (Wildman–Crippen LogP) is 4.91. The minimum absolute atomic E-state index is 0.0320. The van der Waals surface area contributed by atoms with Crippen LogP contribution in [0.1, 0.15) is 41.6 Å². The lowest BCUT2D eigenvalue weighted by molar-refractivity contribution is -0.384. The van der Waals surface area contributed by atoms with Crippen molar-refractivity contribution in [1.82, 2.24) is 15.3 Å². The lowest BCUT2D eigenvalue weighted by atomic mass is 9.87. The van der Waals surface area contributed by atoms with Crippen molar-refractivity contribution < 1.29 is 9.72 Å². The Morgan fingerprint density at radius 1 is 1.12 bits per heavy atom. The highest BCUT2D eigenvalue weighted by Crippen LogP contribution is 2.35. The summed E-state index contributed by atoms with van der Waals surface area (Å²) in [5.74, 6) is -0.309. The van der Waals surface area contributed by atoms with E-state index in [2.05, 4.69) is 34.3 Å². The van der Waals surface area contributed by atoms with E-state index in [-0.39, 0.29) is 23.9 Å². The van der Waals surface area contributed by atoms with Crippen molar-refractivity contribution >= 4 is 22.5 Å². The number of hydrogen-bond acceptors (Lipinski definition) is 4. The standard InChI is InChI=1S/C26H26N4O3/c1-2-18-6-5-8-22-24(17-29-26(18)22)23(19-9-11-21(12-10-19)30(32)33)16-25(31)28-15-13-20-7-3-4-14-27-20/h3-12,14,17,23,29H,2,13,15-16H2,1H3,(H,28,31). The molecule has 2 aromatic carbocycles. The van der Waals surface area contributed by atoms with E-state index in [9.17, 15) is 14.9 Å². The van der Waals surface area contributed by atoms with Crippen molar-refractivity contribution in [2.24, 2.45) is 0 Å². The van der Waals surface area contributed by atoms with Crippen molar-refractivity contribution in [2.75, 3.05) is 6.54 Å². The zero-order valence-electron chi connectivity index (χ0n) is 18.5. The Morgan fingerprint density at radius 3 is 2.64 bits per heavy atom. The summed E-state index contributed by atoms with van der Waals surface area (Å²) in [5, 5.41) is 15.2. The number of H-pyrrole nitrogens is 1. The van der Waals surface area contributed by atoms with E-state index in [0.717, 1.165) is 34.1 Å². The maximum atomic E-state index is 12.9. The van der Waals surface area contributed by atoms with Crippen LogP contribution >= 0.6 is 0 Å².